The highest BCUT2D eigenvalue weighted by Gasteiger charge is 2.34. The first kappa shape index (κ1) is 12.5. The summed E-state index contributed by atoms with van der Waals surface area (Å²) in [5.74, 6) is -1.34. The predicted molar refractivity (Wildman–Crippen MR) is 49.0 cm³/mol. The van der Waals surface area contributed by atoms with Gasteiger partial charge in [0.15, 0.2) is 0 Å². The highest BCUT2D eigenvalue weighted by atomic mass is 19.4. The topological polar surface area (TPSA) is 29.1 Å². The Morgan fingerprint density at radius 3 is 2.44 bits per heavy atom. The zero-order valence-corrected chi connectivity index (χ0v) is 8.31. The van der Waals surface area contributed by atoms with Crippen LogP contribution in [-0.4, -0.2) is 6.41 Å². The monoisotopic (exact) mass is 235 g/mol. The van der Waals surface area contributed by atoms with Crippen LogP contribution in [0.25, 0.3) is 0 Å². The highest BCUT2D eigenvalue weighted by molar-refractivity contribution is 5.47. The van der Waals surface area contributed by atoms with Crippen LogP contribution in [0.5, 0.6) is 0 Å². The molecule has 0 saturated heterocycles. The number of hydrogen-bond donors (Lipinski definition) is 1. The lowest BCUT2D eigenvalue weighted by molar-refractivity contribution is -0.140. The van der Waals surface area contributed by atoms with Gasteiger partial charge in [0, 0.05) is 0 Å². The van der Waals surface area contributed by atoms with Gasteiger partial charge in [-0.05, 0) is 24.6 Å². The maximum Gasteiger partial charge on any atom is 0.419 e. The van der Waals surface area contributed by atoms with Crippen molar-refractivity contribution < 1.29 is 22.4 Å². The fourth-order valence-electron chi connectivity index (χ4n) is 1.23. The molecule has 1 atom stereocenters. The molecule has 1 N–H and O–H groups in total. The molecule has 0 heterocycles. The second-order valence-corrected chi connectivity index (χ2v) is 3.24. The van der Waals surface area contributed by atoms with Crippen molar-refractivity contribution in [2.75, 3.05) is 0 Å². The molecule has 0 aliphatic carbocycles. The van der Waals surface area contributed by atoms with Crippen LogP contribution in [0.2, 0.25) is 0 Å². The van der Waals surface area contributed by atoms with E-state index in [1.807, 2.05) is 0 Å². The van der Waals surface area contributed by atoms with E-state index in [-0.39, 0.29) is 5.56 Å². The van der Waals surface area contributed by atoms with E-state index >= 15 is 0 Å². The number of benzene rings is 1. The maximum absolute atomic E-state index is 13.1. The van der Waals surface area contributed by atoms with Crippen LogP contribution >= 0.6 is 0 Å². The molecule has 0 saturated carbocycles. The quantitative estimate of drug-likeness (QED) is 0.633. The summed E-state index contributed by atoms with van der Waals surface area (Å²) < 4.78 is 49.8. The fourth-order valence-corrected chi connectivity index (χ4v) is 1.23. The van der Waals surface area contributed by atoms with Crippen molar-refractivity contribution in [3.05, 3.63) is 35.1 Å². The summed E-state index contributed by atoms with van der Waals surface area (Å²) in [4.78, 5) is 10.1. The standard InChI is InChI=1S/C10H9F4NO/c1-6(15-5-16)7-2-3-8(9(11)4-7)10(12,13)14/h2-6H,1H3,(H,15,16)/t6-/m1/s1. The average molecular weight is 235 g/mol. The van der Waals surface area contributed by atoms with E-state index < -0.39 is 23.6 Å². The minimum Gasteiger partial charge on any atom is -0.352 e. The molecule has 0 aromatic heterocycles. The van der Waals surface area contributed by atoms with E-state index in [0.29, 0.717) is 12.5 Å². The second-order valence-electron chi connectivity index (χ2n) is 3.24. The highest BCUT2D eigenvalue weighted by Crippen LogP contribution is 2.32. The smallest absolute Gasteiger partial charge is 0.352 e. The summed E-state index contributed by atoms with van der Waals surface area (Å²) in [6.07, 6.45) is -4.30. The molecule has 1 aromatic rings. The van der Waals surface area contributed by atoms with Crippen molar-refractivity contribution in [1.29, 1.82) is 0 Å². The third-order valence-corrected chi connectivity index (χ3v) is 2.12. The van der Waals surface area contributed by atoms with Gasteiger partial charge < -0.3 is 5.32 Å². The summed E-state index contributed by atoms with van der Waals surface area (Å²) >= 11 is 0. The summed E-state index contributed by atoms with van der Waals surface area (Å²) in [5.41, 5.74) is -1.04. The van der Waals surface area contributed by atoms with Crippen LogP contribution in [0.1, 0.15) is 24.1 Å². The van der Waals surface area contributed by atoms with Crippen LogP contribution in [0.3, 0.4) is 0 Å². The van der Waals surface area contributed by atoms with Gasteiger partial charge >= 0.3 is 6.18 Å². The van der Waals surface area contributed by atoms with Gasteiger partial charge in [0.25, 0.3) is 0 Å². The number of carbonyl (C=O) groups is 1. The van der Waals surface area contributed by atoms with Crippen LogP contribution in [0.15, 0.2) is 18.2 Å². The lowest BCUT2D eigenvalue weighted by atomic mass is 10.1. The first-order valence-electron chi connectivity index (χ1n) is 4.42. The molecule has 0 radical (unpaired) electrons. The Bertz CT molecular complexity index is 389. The van der Waals surface area contributed by atoms with E-state index in [2.05, 4.69) is 5.32 Å². The van der Waals surface area contributed by atoms with Crippen molar-refractivity contribution >= 4 is 6.41 Å². The molecule has 88 valence electrons. The summed E-state index contributed by atoms with van der Waals surface area (Å²) in [7, 11) is 0. The fraction of sp³-hybridized carbons (Fsp3) is 0.300. The van der Waals surface area contributed by atoms with Gasteiger partial charge in [-0.2, -0.15) is 13.2 Å². The normalized spacial score (nSPS) is 13.3. The number of halogens is 4. The number of amides is 1. The van der Waals surface area contributed by atoms with Crippen molar-refractivity contribution in [2.45, 2.75) is 19.1 Å². The van der Waals surface area contributed by atoms with Crippen LogP contribution in [0, 0.1) is 5.82 Å². The molecule has 0 aliphatic rings. The zero-order chi connectivity index (χ0) is 12.3. The van der Waals surface area contributed by atoms with Gasteiger partial charge in [-0.25, -0.2) is 4.39 Å². The lowest BCUT2D eigenvalue weighted by Gasteiger charge is -2.13. The van der Waals surface area contributed by atoms with Gasteiger partial charge in [0.1, 0.15) is 5.82 Å². The molecule has 6 heteroatoms. The van der Waals surface area contributed by atoms with Crippen molar-refractivity contribution in [2.24, 2.45) is 0 Å². The molecule has 0 unspecified atom stereocenters. The van der Waals surface area contributed by atoms with E-state index in [1.165, 1.54) is 6.92 Å². The van der Waals surface area contributed by atoms with Gasteiger partial charge in [0.05, 0.1) is 11.6 Å². The Kier molecular flexibility index (Phi) is 3.51. The van der Waals surface area contributed by atoms with Crippen molar-refractivity contribution in [1.82, 2.24) is 5.32 Å². The van der Waals surface area contributed by atoms with E-state index in [9.17, 15) is 22.4 Å². The number of hydrogen-bond acceptors (Lipinski definition) is 1. The Hall–Kier alpha value is -1.59. The third kappa shape index (κ3) is 2.71. The van der Waals surface area contributed by atoms with Crippen LogP contribution in [0.4, 0.5) is 17.6 Å². The van der Waals surface area contributed by atoms with Gasteiger partial charge in [0.2, 0.25) is 6.41 Å². The number of alkyl halides is 3. The third-order valence-electron chi connectivity index (χ3n) is 2.12. The summed E-state index contributed by atoms with van der Waals surface area (Å²) in [6.45, 7) is 1.54. The Morgan fingerprint density at radius 1 is 1.38 bits per heavy atom. The van der Waals surface area contributed by atoms with E-state index in [0.717, 1.165) is 12.1 Å². The molecular formula is C10H9F4NO. The first-order valence-corrected chi connectivity index (χ1v) is 4.42. The lowest BCUT2D eigenvalue weighted by Crippen LogP contribution is -2.17. The second kappa shape index (κ2) is 4.51. The SMILES string of the molecule is C[C@@H](NC=O)c1ccc(C(F)(F)F)c(F)c1. The van der Waals surface area contributed by atoms with Gasteiger partial charge in [-0.3, -0.25) is 4.79 Å². The molecule has 1 rings (SSSR count). The largest absolute Gasteiger partial charge is 0.419 e. The van der Waals surface area contributed by atoms with Crippen molar-refractivity contribution in [3.8, 4) is 0 Å². The average Bonchev–Trinajstić information content (AvgIpc) is 2.16. The molecular weight excluding hydrogens is 226 g/mol. The predicted octanol–water partition coefficient (Wildman–Crippen LogP) is 2.65. The molecule has 0 bridgehead atoms. The summed E-state index contributed by atoms with van der Waals surface area (Å²) in [5, 5.41) is 2.32. The van der Waals surface area contributed by atoms with E-state index in [1.54, 1.807) is 0 Å². The molecule has 1 aromatic carbocycles. The molecule has 0 spiro atoms. The minimum atomic E-state index is -4.70. The van der Waals surface area contributed by atoms with Crippen LogP contribution in [-0.2, 0) is 11.0 Å². The number of nitrogens with one attached hydrogen (secondary N) is 1. The number of rotatable bonds is 3. The Labute approximate surface area is 89.3 Å². The first-order chi connectivity index (χ1) is 7.36. The van der Waals surface area contributed by atoms with Gasteiger partial charge in [-0.15, -0.1) is 0 Å². The van der Waals surface area contributed by atoms with E-state index in [4.69, 9.17) is 0 Å². The number of carbonyl (C=O) groups excluding carboxylic acids is 1. The minimum absolute atomic E-state index is 0.276. The molecule has 1 amide bonds. The maximum atomic E-state index is 13.1. The molecule has 0 aliphatic heterocycles. The van der Waals surface area contributed by atoms with Crippen LogP contribution < -0.4 is 5.32 Å². The molecule has 0 fully saturated rings. The summed E-state index contributed by atoms with van der Waals surface area (Å²) in [6, 6.07) is 2.03. The molecule has 2 nitrogen and oxygen atoms in total. The zero-order valence-electron chi connectivity index (χ0n) is 8.31. The van der Waals surface area contributed by atoms with Gasteiger partial charge in [-0.1, -0.05) is 6.07 Å². The Balaban J connectivity index is 3.04. The van der Waals surface area contributed by atoms with Crippen molar-refractivity contribution in [3.63, 3.8) is 0 Å². The Morgan fingerprint density at radius 2 is 2.00 bits per heavy atom. The molecule has 16 heavy (non-hydrogen) atoms.